The van der Waals surface area contributed by atoms with Gasteiger partial charge in [-0.05, 0) is 6.07 Å². The number of benzene rings is 1. The molecule has 0 amide bonds. The average molecular weight is 311 g/mol. The molecule has 0 aromatic heterocycles. The lowest BCUT2D eigenvalue weighted by Crippen LogP contribution is -2.19. The van der Waals surface area contributed by atoms with Gasteiger partial charge in [0.05, 0.1) is 10.9 Å². The van der Waals surface area contributed by atoms with E-state index in [4.69, 9.17) is 0 Å². The zero-order valence-electron chi connectivity index (χ0n) is 8.25. The second-order valence-electron chi connectivity index (χ2n) is 2.94. The van der Waals surface area contributed by atoms with Crippen molar-refractivity contribution in [2.45, 2.75) is 6.36 Å². The van der Waals surface area contributed by atoms with Gasteiger partial charge in [-0.1, -0.05) is 28.1 Å². The summed E-state index contributed by atoms with van der Waals surface area (Å²) in [5.41, 5.74) is -0.520. The Morgan fingerprint density at radius 1 is 1.41 bits per heavy atom. The third kappa shape index (κ3) is 3.55. The maximum Gasteiger partial charge on any atom is 0.573 e. The van der Waals surface area contributed by atoms with Crippen molar-refractivity contribution < 1.29 is 27.5 Å². The average Bonchev–Trinajstić information content (AvgIpc) is 2.25. The molecule has 0 aliphatic heterocycles. The highest BCUT2D eigenvalue weighted by atomic mass is 79.9. The van der Waals surface area contributed by atoms with Crippen LogP contribution < -0.4 is 4.74 Å². The van der Waals surface area contributed by atoms with Crippen LogP contribution >= 0.6 is 15.9 Å². The van der Waals surface area contributed by atoms with Crippen LogP contribution in [0.15, 0.2) is 18.2 Å². The molecule has 0 heterocycles. The van der Waals surface area contributed by atoms with E-state index in [1.165, 1.54) is 12.1 Å². The third-order valence-electron chi connectivity index (χ3n) is 1.83. The van der Waals surface area contributed by atoms with E-state index < -0.39 is 23.5 Å². The molecule has 1 rings (SSSR count). The standard InChI is InChI=1S/C10H6BrF3O3/c11-4-8(16)6-2-1-3-9(7(6)5-15)17-10(12,13)14/h1-3,5H,4H2. The number of rotatable bonds is 4. The Kier molecular flexibility index (Phi) is 4.28. The summed E-state index contributed by atoms with van der Waals surface area (Å²) in [5.74, 6) is -1.18. The number of carbonyl (C=O) groups excluding carboxylic acids is 2. The first-order chi connectivity index (χ1) is 7.89. The molecule has 0 fully saturated rings. The van der Waals surface area contributed by atoms with Crippen molar-refractivity contribution in [3.63, 3.8) is 0 Å². The highest BCUT2D eigenvalue weighted by Crippen LogP contribution is 2.27. The van der Waals surface area contributed by atoms with Gasteiger partial charge in [-0.25, -0.2) is 0 Å². The summed E-state index contributed by atoms with van der Waals surface area (Å²) in [5, 5.41) is -0.0939. The number of ketones is 1. The van der Waals surface area contributed by atoms with Crippen LogP contribution in [0.1, 0.15) is 20.7 Å². The molecule has 0 radical (unpaired) electrons. The normalized spacial score (nSPS) is 11.1. The number of hydrogen-bond acceptors (Lipinski definition) is 3. The molecule has 0 aliphatic carbocycles. The van der Waals surface area contributed by atoms with Crippen molar-refractivity contribution in [1.82, 2.24) is 0 Å². The van der Waals surface area contributed by atoms with Gasteiger partial charge in [0.2, 0.25) is 0 Å². The predicted molar refractivity (Wildman–Crippen MR) is 56.6 cm³/mol. The third-order valence-corrected chi connectivity index (χ3v) is 2.34. The van der Waals surface area contributed by atoms with Crippen LogP contribution in [0.25, 0.3) is 0 Å². The van der Waals surface area contributed by atoms with Crippen LogP contribution in [0.4, 0.5) is 13.2 Å². The minimum atomic E-state index is -4.91. The van der Waals surface area contributed by atoms with Gasteiger partial charge < -0.3 is 4.74 Å². The van der Waals surface area contributed by atoms with Gasteiger partial charge in [-0.3, -0.25) is 9.59 Å². The van der Waals surface area contributed by atoms with Gasteiger partial charge in [-0.15, -0.1) is 13.2 Å². The van der Waals surface area contributed by atoms with Crippen molar-refractivity contribution >= 4 is 28.0 Å². The summed E-state index contributed by atoms with van der Waals surface area (Å²) in [7, 11) is 0. The number of hydrogen-bond donors (Lipinski definition) is 0. The summed E-state index contributed by atoms with van der Waals surface area (Å²) >= 11 is 2.87. The highest BCUT2D eigenvalue weighted by Gasteiger charge is 2.32. The van der Waals surface area contributed by atoms with Gasteiger partial charge in [0.1, 0.15) is 5.75 Å². The Labute approximate surface area is 103 Å². The van der Waals surface area contributed by atoms with Crippen LogP contribution in [-0.2, 0) is 0 Å². The second-order valence-corrected chi connectivity index (χ2v) is 3.50. The fourth-order valence-corrected chi connectivity index (χ4v) is 1.50. The van der Waals surface area contributed by atoms with E-state index in [2.05, 4.69) is 20.7 Å². The van der Waals surface area contributed by atoms with Crippen LogP contribution in [0.5, 0.6) is 5.75 Å². The summed E-state index contributed by atoms with van der Waals surface area (Å²) in [6.45, 7) is 0. The number of halogens is 4. The smallest absolute Gasteiger partial charge is 0.405 e. The Bertz CT molecular complexity index is 443. The van der Waals surface area contributed by atoms with Crippen LogP contribution in [-0.4, -0.2) is 23.8 Å². The van der Waals surface area contributed by atoms with Crippen LogP contribution in [0.2, 0.25) is 0 Å². The van der Waals surface area contributed by atoms with Crippen molar-refractivity contribution in [1.29, 1.82) is 0 Å². The van der Waals surface area contributed by atoms with E-state index in [9.17, 15) is 22.8 Å². The summed E-state index contributed by atoms with van der Waals surface area (Å²) in [4.78, 5) is 22.1. The van der Waals surface area contributed by atoms with Gasteiger partial charge in [0, 0.05) is 5.56 Å². The van der Waals surface area contributed by atoms with E-state index >= 15 is 0 Å². The van der Waals surface area contributed by atoms with Crippen molar-refractivity contribution in [3.05, 3.63) is 29.3 Å². The lowest BCUT2D eigenvalue weighted by atomic mass is 10.0. The summed E-state index contributed by atoms with van der Waals surface area (Å²) in [6, 6.07) is 3.45. The SMILES string of the molecule is O=Cc1c(OC(F)(F)F)cccc1C(=O)CBr. The second kappa shape index (κ2) is 5.31. The van der Waals surface area contributed by atoms with E-state index in [1.54, 1.807) is 0 Å². The Hall–Kier alpha value is -1.37. The topological polar surface area (TPSA) is 43.4 Å². The van der Waals surface area contributed by atoms with Crippen molar-refractivity contribution in [2.75, 3.05) is 5.33 Å². The molecule has 0 saturated heterocycles. The Morgan fingerprint density at radius 3 is 2.53 bits per heavy atom. The zero-order valence-corrected chi connectivity index (χ0v) is 9.84. The molecule has 0 unspecified atom stereocenters. The fraction of sp³-hybridized carbons (Fsp3) is 0.200. The van der Waals surface area contributed by atoms with Crippen LogP contribution in [0.3, 0.4) is 0 Å². The maximum absolute atomic E-state index is 12.0. The van der Waals surface area contributed by atoms with Gasteiger partial charge in [0.25, 0.3) is 0 Å². The number of Topliss-reactive ketones (excluding diaryl/α,β-unsaturated/α-hetero) is 1. The molecule has 0 saturated carbocycles. The Balaban J connectivity index is 3.24. The van der Waals surface area contributed by atoms with Crippen molar-refractivity contribution in [2.24, 2.45) is 0 Å². The number of alkyl halides is 4. The van der Waals surface area contributed by atoms with Gasteiger partial charge in [0.15, 0.2) is 12.1 Å². The molecule has 17 heavy (non-hydrogen) atoms. The van der Waals surface area contributed by atoms with Gasteiger partial charge in [-0.2, -0.15) is 0 Å². The molecular weight excluding hydrogens is 305 g/mol. The monoisotopic (exact) mass is 310 g/mol. The van der Waals surface area contributed by atoms with E-state index in [0.29, 0.717) is 0 Å². The summed E-state index contributed by atoms with van der Waals surface area (Å²) in [6.07, 6.45) is -4.75. The minimum Gasteiger partial charge on any atom is -0.405 e. The molecule has 7 heteroatoms. The lowest BCUT2D eigenvalue weighted by Gasteiger charge is -2.12. The van der Waals surface area contributed by atoms with Gasteiger partial charge >= 0.3 is 6.36 Å². The number of ether oxygens (including phenoxy) is 1. The molecule has 0 atom stereocenters. The lowest BCUT2D eigenvalue weighted by molar-refractivity contribution is -0.274. The predicted octanol–water partition coefficient (Wildman–Crippen LogP) is 2.98. The molecule has 1 aromatic carbocycles. The van der Waals surface area contributed by atoms with Crippen molar-refractivity contribution in [3.8, 4) is 5.75 Å². The molecule has 92 valence electrons. The number of aldehydes is 1. The quantitative estimate of drug-likeness (QED) is 0.488. The molecule has 1 aromatic rings. The number of carbonyl (C=O) groups is 2. The van der Waals surface area contributed by atoms with E-state index in [0.717, 1.165) is 6.07 Å². The molecule has 0 spiro atoms. The molecule has 0 aliphatic rings. The first-order valence-electron chi connectivity index (χ1n) is 4.32. The molecule has 3 nitrogen and oxygen atoms in total. The Morgan fingerprint density at radius 2 is 2.06 bits per heavy atom. The highest BCUT2D eigenvalue weighted by molar-refractivity contribution is 9.09. The molecule has 0 N–H and O–H groups in total. The van der Waals surface area contributed by atoms with E-state index in [-0.39, 0.29) is 17.2 Å². The molecule has 0 bridgehead atoms. The zero-order chi connectivity index (χ0) is 13.1. The summed E-state index contributed by atoms with van der Waals surface area (Å²) < 4.78 is 39.8. The fourth-order valence-electron chi connectivity index (χ4n) is 1.19. The largest absolute Gasteiger partial charge is 0.573 e. The van der Waals surface area contributed by atoms with E-state index in [1.807, 2.05) is 0 Å². The maximum atomic E-state index is 12.0. The molecular formula is C10H6BrF3O3. The van der Waals surface area contributed by atoms with Crippen LogP contribution in [0, 0.1) is 0 Å². The first kappa shape index (κ1) is 13.7. The minimum absolute atomic E-state index is 0.0939. The first-order valence-corrected chi connectivity index (χ1v) is 5.44.